The largest absolute Gasteiger partial charge is 0.325 e. The van der Waals surface area contributed by atoms with Gasteiger partial charge in [-0.15, -0.1) is 10.2 Å². The zero-order chi connectivity index (χ0) is 17.3. The van der Waals surface area contributed by atoms with Gasteiger partial charge in [0.25, 0.3) is 0 Å². The van der Waals surface area contributed by atoms with Gasteiger partial charge < -0.3 is 9.88 Å². The minimum absolute atomic E-state index is 0.00913. The molecule has 24 heavy (non-hydrogen) atoms. The van der Waals surface area contributed by atoms with Crippen molar-refractivity contribution < 1.29 is 4.79 Å². The van der Waals surface area contributed by atoms with Crippen molar-refractivity contribution in [3.63, 3.8) is 0 Å². The third kappa shape index (κ3) is 3.80. The van der Waals surface area contributed by atoms with Crippen molar-refractivity contribution in [2.75, 3.05) is 11.1 Å². The average molecular weight is 344 g/mol. The van der Waals surface area contributed by atoms with Crippen LogP contribution in [-0.2, 0) is 4.79 Å². The molecule has 0 atom stereocenters. The number of thioether (sulfide) groups is 1. The summed E-state index contributed by atoms with van der Waals surface area (Å²) in [5.41, 5.74) is 3.09. The second-order valence-corrected chi connectivity index (χ2v) is 7.69. The predicted octanol–water partition coefficient (Wildman–Crippen LogP) is 4.08. The van der Waals surface area contributed by atoms with Crippen molar-refractivity contribution in [1.82, 2.24) is 14.8 Å². The Bertz CT molecular complexity index is 749. The van der Waals surface area contributed by atoms with Crippen molar-refractivity contribution in [3.8, 4) is 0 Å². The molecule has 0 bridgehead atoms. The number of anilines is 1. The molecule has 128 valence electrons. The van der Waals surface area contributed by atoms with Gasteiger partial charge in [-0.3, -0.25) is 4.79 Å². The summed E-state index contributed by atoms with van der Waals surface area (Å²) >= 11 is 1.47. The lowest BCUT2D eigenvalue weighted by atomic mass is 10.1. The Kier molecular flexibility index (Phi) is 4.94. The van der Waals surface area contributed by atoms with E-state index in [9.17, 15) is 4.79 Å². The van der Waals surface area contributed by atoms with E-state index >= 15 is 0 Å². The summed E-state index contributed by atoms with van der Waals surface area (Å²) < 4.78 is 2.22. The number of benzene rings is 1. The fourth-order valence-electron chi connectivity index (χ4n) is 2.64. The van der Waals surface area contributed by atoms with Gasteiger partial charge in [0.2, 0.25) is 5.91 Å². The Morgan fingerprint density at radius 2 is 2.08 bits per heavy atom. The second-order valence-electron chi connectivity index (χ2n) is 6.75. The number of aryl methyl sites for hydroxylation is 2. The van der Waals surface area contributed by atoms with E-state index in [1.807, 2.05) is 32.0 Å². The van der Waals surface area contributed by atoms with E-state index < -0.39 is 0 Å². The minimum atomic E-state index is -0.00913. The summed E-state index contributed by atoms with van der Waals surface area (Å²) in [5, 5.41) is 12.5. The Balaban J connectivity index is 1.65. The molecular weight excluding hydrogens is 320 g/mol. The first kappa shape index (κ1) is 17.0. The van der Waals surface area contributed by atoms with Gasteiger partial charge in [-0.1, -0.05) is 37.7 Å². The fourth-order valence-corrected chi connectivity index (χ4v) is 3.46. The Labute approximate surface area is 147 Å². The quantitative estimate of drug-likeness (QED) is 0.802. The molecule has 0 spiro atoms. The van der Waals surface area contributed by atoms with Gasteiger partial charge in [0.15, 0.2) is 5.16 Å². The van der Waals surface area contributed by atoms with Gasteiger partial charge in [0.1, 0.15) is 5.82 Å². The van der Waals surface area contributed by atoms with E-state index in [0.717, 1.165) is 27.8 Å². The van der Waals surface area contributed by atoms with E-state index in [4.69, 9.17) is 0 Å². The summed E-state index contributed by atoms with van der Waals surface area (Å²) in [4.78, 5) is 12.3. The molecule has 1 N–H and O–H groups in total. The van der Waals surface area contributed by atoms with Crippen LogP contribution in [0.4, 0.5) is 5.69 Å². The molecule has 1 aliphatic rings. The third-order valence-electron chi connectivity index (χ3n) is 4.12. The van der Waals surface area contributed by atoms with Crippen molar-refractivity contribution in [1.29, 1.82) is 0 Å². The molecule has 0 aliphatic heterocycles. The van der Waals surface area contributed by atoms with Gasteiger partial charge in [-0.25, -0.2) is 0 Å². The second kappa shape index (κ2) is 6.97. The van der Waals surface area contributed by atoms with Gasteiger partial charge in [0, 0.05) is 17.6 Å². The highest BCUT2D eigenvalue weighted by atomic mass is 32.2. The zero-order valence-corrected chi connectivity index (χ0v) is 15.5. The maximum absolute atomic E-state index is 12.3. The molecule has 1 aromatic carbocycles. The topological polar surface area (TPSA) is 59.8 Å². The van der Waals surface area contributed by atoms with Crippen molar-refractivity contribution in [2.24, 2.45) is 0 Å². The molecule has 1 fully saturated rings. The smallest absolute Gasteiger partial charge is 0.234 e. The van der Waals surface area contributed by atoms with Crippen molar-refractivity contribution in [3.05, 3.63) is 35.2 Å². The van der Waals surface area contributed by atoms with E-state index in [1.165, 1.54) is 24.6 Å². The van der Waals surface area contributed by atoms with Crippen molar-refractivity contribution >= 4 is 23.4 Å². The highest BCUT2D eigenvalue weighted by Gasteiger charge is 2.30. The number of nitrogens with zero attached hydrogens (tertiary/aromatic N) is 3. The average Bonchev–Trinajstić information content (AvgIpc) is 3.28. The first-order chi connectivity index (χ1) is 11.5. The minimum Gasteiger partial charge on any atom is -0.325 e. The lowest BCUT2D eigenvalue weighted by Gasteiger charge is -2.11. The van der Waals surface area contributed by atoms with Gasteiger partial charge >= 0.3 is 0 Å². The first-order valence-corrected chi connectivity index (χ1v) is 9.39. The number of aromatic nitrogens is 3. The SMILES string of the molecule is Cc1ccc(C)c(NC(=O)CSc2nnc(C(C)C)n2C2CC2)c1. The maximum Gasteiger partial charge on any atom is 0.234 e. The van der Waals surface area contributed by atoms with Gasteiger partial charge in [0.05, 0.1) is 5.75 Å². The standard InChI is InChI=1S/C18H24N4OS/c1-11(2)17-20-21-18(22(17)14-7-8-14)24-10-16(23)19-15-9-12(3)5-6-13(15)4/h5-6,9,11,14H,7-8,10H2,1-4H3,(H,19,23). The molecule has 1 heterocycles. The number of hydrogen-bond donors (Lipinski definition) is 1. The zero-order valence-electron chi connectivity index (χ0n) is 14.7. The molecule has 0 saturated heterocycles. The monoisotopic (exact) mass is 344 g/mol. The van der Waals surface area contributed by atoms with Gasteiger partial charge in [-0.2, -0.15) is 0 Å². The maximum atomic E-state index is 12.3. The normalized spacial score (nSPS) is 14.2. The van der Waals surface area contributed by atoms with E-state index in [0.29, 0.717) is 17.7 Å². The number of amides is 1. The van der Waals surface area contributed by atoms with E-state index in [1.54, 1.807) is 0 Å². The number of carbonyl (C=O) groups is 1. The Morgan fingerprint density at radius 1 is 1.33 bits per heavy atom. The molecule has 1 saturated carbocycles. The fraction of sp³-hybridized carbons (Fsp3) is 0.500. The van der Waals surface area contributed by atoms with Crippen LogP contribution in [0.15, 0.2) is 23.4 Å². The van der Waals surface area contributed by atoms with Crippen LogP contribution in [0.1, 0.15) is 55.6 Å². The van der Waals surface area contributed by atoms with Crippen LogP contribution >= 0.6 is 11.8 Å². The molecule has 6 heteroatoms. The molecular formula is C18H24N4OS. The van der Waals surface area contributed by atoms with Crippen molar-refractivity contribution in [2.45, 2.75) is 57.7 Å². The van der Waals surface area contributed by atoms with Crippen LogP contribution in [0.5, 0.6) is 0 Å². The van der Waals surface area contributed by atoms with Gasteiger partial charge in [-0.05, 0) is 43.9 Å². The summed E-state index contributed by atoms with van der Waals surface area (Å²) in [7, 11) is 0. The summed E-state index contributed by atoms with van der Waals surface area (Å²) in [6.45, 7) is 8.28. The summed E-state index contributed by atoms with van der Waals surface area (Å²) in [6, 6.07) is 6.59. The lowest BCUT2D eigenvalue weighted by molar-refractivity contribution is -0.113. The molecule has 1 aliphatic carbocycles. The van der Waals surface area contributed by atoms with Crippen LogP contribution in [-0.4, -0.2) is 26.4 Å². The van der Waals surface area contributed by atoms with E-state index in [2.05, 4.69) is 33.9 Å². The molecule has 0 radical (unpaired) electrons. The summed E-state index contributed by atoms with van der Waals surface area (Å²) in [5.74, 6) is 1.70. The molecule has 2 aromatic rings. The van der Waals surface area contributed by atoms with Crippen LogP contribution in [0.25, 0.3) is 0 Å². The van der Waals surface area contributed by atoms with Crippen LogP contribution in [0.3, 0.4) is 0 Å². The number of hydrogen-bond acceptors (Lipinski definition) is 4. The number of carbonyl (C=O) groups excluding carboxylic acids is 1. The Morgan fingerprint density at radius 3 is 2.75 bits per heavy atom. The summed E-state index contributed by atoms with van der Waals surface area (Å²) in [6.07, 6.45) is 2.36. The molecule has 5 nitrogen and oxygen atoms in total. The third-order valence-corrected chi connectivity index (χ3v) is 5.06. The molecule has 1 amide bonds. The van der Waals surface area contributed by atoms with Crippen LogP contribution < -0.4 is 5.32 Å². The number of nitrogens with one attached hydrogen (secondary N) is 1. The molecule has 3 rings (SSSR count). The molecule has 1 aromatic heterocycles. The highest BCUT2D eigenvalue weighted by molar-refractivity contribution is 7.99. The molecule has 0 unspecified atom stereocenters. The van der Waals surface area contributed by atoms with Crippen LogP contribution in [0.2, 0.25) is 0 Å². The van der Waals surface area contributed by atoms with Crippen LogP contribution in [0, 0.1) is 13.8 Å². The predicted molar refractivity (Wildman–Crippen MR) is 97.7 cm³/mol. The van der Waals surface area contributed by atoms with E-state index in [-0.39, 0.29) is 5.91 Å². The Hall–Kier alpha value is -1.82. The first-order valence-electron chi connectivity index (χ1n) is 8.40. The lowest BCUT2D eigenvalue weighted by Crippen LogP contribution is -2.15. The highest BCUT2D eigenvalue weighted by Crippen LogP contribution is 2.40. The number of rotatable bonds is 6.